The van der Waals surface area contributed by atoms with Gasteiger partial charge in [-0.25, -0.2) is 0 Å². The molecule has 132 valence electrons. The first-order chi connectivity index (χ1) is 12.2. The van der Waals surface area contributed by atoms with Crippen molar-refractivity contribution in [2.24, 2.45) is 0 Å². The molecule has 0 unspecified atom stereocenters. The minimum Gasteiger partial charge on any atom is -0.496 e. The fourth-order valence-corrected chi connectivity index (χ4v) is 3.17. The Labute approximate surface area is 149 Å². The second-order valence-corrected chi connectivity index (χ2v) is 6.50. The van der Waals surface area contributed by atoms with Crippen molar-refractivity contribution in [2.75, 3.05) is 33.3 Å². The van der Waals surface area contributed by atoms with Crippen molar-refractivity contribution in [3.8, 4) is 5.75 Å². The van der Waals surface area contributed by atoms with Gasteiger partial charge in [0.1, 0.15) is 5.75 Å². The van der Waals surface area contributed by atoms with Gasteiger partial charge in [-0.15, -0.1) is 0 Å². The van der Waals surface area contributed by atoms with Gasteiger partial charge in [-0.05, 0) is 35.7 Å². The second-order valence-electron chi connectivity index (χ2n) is 6.50. The predicted octanol–water partition coefficient (Wildman–Crippen LogP) is 2.29. The summed E-state index contributed by atoms with van der Waals surface area (Å²) in [7, 11) is 1.66. The smallest absolute Gasteiger partial charge is 0.227 e. The average Bonchev–Trinajstić information content (AvgIpc) is 2.64. The van der Waals surface area contributed by atoms with Crippen LogP contribution in [0.3, 0.4) is 0 Å². The van der Waals surface area contributed by atoms with E-state index in [4.69, 9.17) is 4.74 Å². The second kappa shape index (κ2) is 8.12. The van der Waals surface area contributed by atoms with Gasteiger partial charge in [0.05, 0.1) is 13.5 Å². The molecular formula is C20H25N3O2. The predicted molar refractivity (Wildman–Crippen MR) is 97.5 cm³/mol. The number of piperazine rings is 1. The quantitative estimate of drug-likeness (QED) is 0.838. The molecule has 0 atom stereocenters. The lowest BCUT2D eigenvalue weighted by Crippen LogP contribution is -2.48. The Balaban J connectivity index is 1.51. The van der Waals surface area contributed by atoms with Crippen molar-refractivity contribution in [2.45, 2.75) is 19.9 Å². The topological polar surface area (TPSA) is 45.7 Å². The summed E-state index contributed by atoms with van der Waals surface area (Å²) in [6.07, 6.45) is 4.13. The third-order valence-corrected chi connectivity index (χ3v) is 4.68. The molecule has 2 heterocycles. The maximum Gasteiger partial charge on any atom is 0.227 e. The van der Waals surface area contributed by atoms with Crippen molar-refractivity contribution >= 4 is 5.91 Å². The van der Waals surface area contributed by atoms with Gasteiger partial charge in [-0.2, -0.15) is 0 Å². The van der Waals surface area contributed by atoms with Crippen LogP contribution in [-0.4, -0.2) is 54.0 Å². The van der Waals surface area contributed by atoms with Gasteiger partial charge in [0.25, 0.3) is 0 Å². The molecule has 5 heteroatoms. The van der Waals surface area contributed by atoms with E-state index in [1.165, 1.54) is 5.56 Å². The fourth-order valence-electron chi connectivity index (χ4n) is 3.17. The number of hydrogen-bond donors (Lipinski definition) is 0. The van der Waals surface area contributed by atoms with Gasteiger partial charge >= 0.3 is 0 Å². The number of carbonyl (C=O) groups is 1. The SMILES string of the molecule is COc1cc(CC(=O)N2CCN(Cc3cccnc3)CC2)ccc1C. The molecular weight excluding hydrogens is 314 g/mol. The van der Waals surface area contributed by atoms with E-state index in [1.54, 1.807) is 13.3 Å². The Morgan fingerprint density at radius 2 is 1.96 bits per heavy atom. The molecule has 3 rings (SSSR count). The molecule has 0 saturated carbocycles. The molecule has 1 saturated heterocycles. The van der Waals surface area contributed by atoms with Crippen LogP contribution in [0.5, 0.6) is 5.75 Å². The molecule has 0 radical (unpaired) electrons. The van der Waals surface area contributed by atoms with E-state index in [9.17, 15) is 4.79 Å². The molecule has 0 bridgehead atoms. The number of benzene rings is 1. The summed E-state index contributed by atoms with van der Waals surface area (Å²) in [6, 6.07) is 10.0. The molecule has 0 spiro atoms. The van der Waals surface area contributed by atoms with Gasteiger partial charge in [0.2, 0.25) is 5.91 Å². The number of ether oxygens (including phenoxy) is 1. The zero-order valence-electron chi connectivity index (χ0n) is 14.9. The highest BCUT2D eigenvalue weighted by atomic mass is 16.5. The number of aryl methyl sites for hydroxylation is 1. The van der Waals surface area contributed by atoms with E-state index in [-0.39, 0.29) is 5.91 Å². The van der Waals surface area contributed by atoms with Crippen molar-refractivity contribution in [1.29, 1.82) is 0 Å². The first-order valence-electron chi connectivity index (χ1n) is 8.68. The Morgan fingerprint density at radius 1 is 1.16 bits per heavy atom. The average molecular weight is 339 g/mol. The van der Waals surface area contributed by atoms with Crippen molar-refractivity contribution in [3.63, 3.8) is 0 Å². The van der Waals surface area contributed by atoms with Crippen LogP contribution in [-0.2, 0) is 17.8 Å². The molecule has 1 aliphatic rings. The minimum absolute atomic E-state index is 0.187. The number of hydrogen-bond acceptors (Lipinski definition) is 4. The van der Waals surface area contributed by atoms with Crippen LogP contribution in [0.4, 0.5) is 0 Å². The number of aromatic nitrogens is 1. The van der Waals surface area contributed by atoms with E-state index in [0.717, 1.165) is 49.6 Å². The lowest BCUT2D eigenvalue weighted by molar-refractivity contribution is -0.132. The van der Waals surface area contributed by atoms with Crippen LogP contribution in [0.1, 0.15) is 16.7 Å². The third kappa shape index (κ3) is 4.57. The maximum atomic E-state index is 12.6. The minimum atomic E-state index is 0.187. The van der Waals surface area contributed by atoms with Crippen LogP contribution >= 0.6 is 0 Å². The summed E-state index contributed by atoms with van der Waals surface area (Å²) in [5, 5.41) is 0. The molecule has 0 N–H and O–H groups in total. The van der Waals surface area contributed by atoms with Gasteiger partial charge in [0.15, 0.2) is 0 Å². The Bertz CT molecular complexity index is 710. The summed E-state index contributed by atoms with van der Waals surface area (Å²) in [4.78, 5) is 21.1. The van der Waals surface area contributed by atoms with Gasteiger partial charge in [0, 0.05) is 45.1 Å². The van der Waals surface area contributed by atoms with Crippen LogP contribution in [0, 0.1) is 6.92 Å². The van der Waals surface area contributed by atoms with Crippen molar-refractivity contribution < 1.29 is 9.53 Å². The summed E-state index contributed by atoms with van der Waals surface area (Å²) in [5.41, 5.74) is 3.31. The third-order valence-electron chi connectivity index (χ3n) is 4.68. The fraction of sp³-hybridized carbons (Fsp3) is 0.400. The lowest BCUT2D eigenvalue weighted by Gasteiger charge is -2.34. The first-order valence-corrected chi connectivity index (χ1v) is 8.68. The number of amides is 1. The largest absolute Gasteiger partial charge is 0.496 e. The molecule has 1 amide bonds. The van der Waals surface area contributed by atoms with Crippen molar-refractivity contribution in [1.82, 2.24) is 14.8 Å². The highest BCUT2D eigenvalue weighted by Gasteiger charge is 2.21. The molecule has 1 aromatic carbocycles. The number of rotatable bonds is 5. The van der Waals surface area contributed by atoms with E-state index >= 15 is 0 Å². The van der Waals surface area contributed by atoms with Crippen LogP contribution in [0.2, 0.25) is 0 Å². The number of pyridine rings is 1. The highest BCUT2D eigenvalue weighted by molar-refractivity contribution is 5.79. The molecule has 2 aromatic rings. The Kier molecular flexibility index (Phi) is 5.66. The van der Waals surface area contributed by atoms with Gasteiger partial charge < -0.3 is 9.64 Å². The molecule has 1 aliphatic heterocycles. The summed E-state index contributed by atoms with van der Waals surface area (Å²) in [5.74, 6) is 1.03. The lowest BCUT2D eigenvalue weighted by atomic mass is 10.1. The Hall–Kier alpha value is -2.40. The number of methoxy groups -OCH3 is 1. The zero-order chi connectivity index (χ0) is 17.6. The standard InChI is InChI=1S/C20H25N3O2/c1-16-5-6-17(12-19(16)25-2)13-20(24)23-10-8-22(9-11-23)15-18-4-3-7-21-14-18/h3-7,12,14H,8-11,13,15H2,1-2H3. The van der Waals surface area contributed by atoms with E-state index < -0.39 is 0 Å². The van der Waals surface area contributed by atoms with Crippen molar-refractivity contribution in [3.05, 3.63) is 59.4 Å². The number of nitrogens with zero attached hydrogens (tertiary/aromatic N) is 3. The van der Waals surface area contributed by atoms with Gasteiger partial charge in [-0.1, -0.05) is 18.2 Å². The van der Waals surface area contributed by atoms with Crippen LogP contribution in [0.25, 0.3) is 0 Å². The van der Waals surface area contributed by atoms with E-state index in [1.807, 2.05) is 42.3 Å². The molecule has 25 heavy (non-hydrogen) atoms. The first kappa shape index (κ1) is 17.4. The molecule has 0 aliphatic carbocycles. The molecule has 1 aromatic heterocycles. The normalized spacial score (nSPS) is 15.2. The van der Waals surface area contributed by atoms with Gasteiger partial charge in [-0.3, -0.25) is 14.7 Å². The Morgan fingerprint density at radius 3 is 2.64 bits per heavy atom. The maximum absolute atomic E-state index is 12.6. The van der Waals surface area contributed by atoms with Crippen LogP contribution in [0.15, 0.2) is 42.7 Å². The zero-order valence-corrected chi connectivity index (χ0v) is 14.9. The summed E-state index contributed by atoms with van der Waals surface area (Å²) in [6.45, 7) is 6.26. The summed E-state index contributed by atoms with van der Waals surface area (Å²) < 4.78 is 5.35. The number of carbonyl (C=O) groups excluding carboxylic acids is 1. The molecule has 5 nitrogen and oxygen atoms in total. The van der Waals surface area contributed by atoms with E-state index in [2.05, 4.69) is 16.0 Å². The monoisotopic (exact) mass is 339 g/mol. The molecule has 1 fully saturated rings. The van der Waals surface area contributed by atoms with E-state index in [0.29, 0.717) is 6.42 Å². The summed E-state index contributed by atoms with van der Waals surface area (Å²) >= 11 is 0. The highest BCUT2D eigenvalue weighted by Crippen LogP contribution is 2.20. The van der Waals surface area contributed by atoms with Crippen LogP contribution < -0.4 is 4.74 Å².